The van der Waals surface area contributed by atoms with Gasteiger partial charge in [0.2, 0.25) is 5.85 Å². The zero-order valence-corrected chi connectivity index (χ0v) is 8.03. The highest BCUT2D eigenvalue weighted by atomic mass is 19.2. The summed E-state index contributed by atoms with van der Waals surface area (Å²) in [6, 6.07) is 0. The Morgan fingerprint density at radius 3 is 2.46 bits per heavy atom. The quantitative estimate of drug-likeness (QED) is 0.578. The normalized spacial score (nSPS) is 39.2. The molecule has 3 nitrogen and oxygen atoms in total. The van der Waals surface area contributed by atoms with Crippen LogP contribution in [0.1, 0.15) is 19.8 Å². The summed E-state index contributed by atoms with van der Waals surface area (Å²) < 4.78 is 19.1. The van der Waals surface area contributed by atoms with Crippen LogP contribution < -0.4 is 10.6 Å². The molecule has 0 aromatic carbocycles. The first-order valence-corrected chi connectivity index (χ1v) is 4.93. The zero-order chi connectivity index (χ0) is 9.36. The van der Waals surface area contributed by atoms with E-state index in [-0.39, 0.29) is 5.60 Å². The van der Waals surface area contributed by atoms with Gasteiger partial charge in [-0.2, -0.15) is 0 Å². The Kier molecular flexibility index (Phi) is 2.30. The summed E-state index contributed by atoms with van der Waals surface area (Å²) in [4.78, 5) is 0. The van der Waals surface area contributed by atoms with Gasteiger partial charge in [-0.1, -0.05) is 0 Å². The molecule has 0 radical (unpaired) electrons. The van der Waals surface area contributed by atoms with Crippen molar-refractivity contribution >= 4 is 0 Å². The number of nitrogens with one attached hydrogen (secondary N) is 2. The lowest BCUT2D eigenvalue weighted by atomic mass is 9.90. The summed E-state index contributed by atoms with van der Waals surface area (Å²) in [7, 11) is 0. The van der Waals surface area contributed by atoms with Gasteiger partial charge in [0.1, 0.15) is 0 Å². The summed E-state index contributed by atoms with van der Waals surface area (Å²) in [5.41, 5.74) is -0.257. The van der Waals surface area contributed by atoms with Gasteiger partial charge in [-0.05, 0) is 32.9 Å². The molecule has 2 fully saturated rings. The number of ether oxygens (including phenoxy) is 1. The van der Waals surface area contributed by atoms with Crippen LogP contribution >= 0.6 is 0 Å². The van der Waals surface area contributed by atoms with E-state index in [2.05, 4.69) is 10.6 Å². The topological polar surface area (TPSA) is 33.3 Å². The summed E-state index contributed by atoms with van der Waals surface area (Å²) in [6.45, 7) is 4.45. The highest BCUT2D eigenvalue weighted by molar-refractivity contribution is 4.93. The van der Waals surface area contributed by atoms with Gasteiger partial charge in [-0.3, -0.25) is 0 Å². The van der Waals surface area contributed by atoms with Crippen LogP contribution in [-0.4, -0.2) is 37.6 Å². The third-order valence-corrected chi connectivity index (χ3v) is 2.83. The molecule has 1 spiro atoms. The van der Waals surface area contributed by atoms with Gasteiger partial charge in [0.15, 0.2) is 0 Å². The van der Waals surface area contributed by atoms with E-state index in [1.807, 2.05) is 0 Å². The van der Waals surface area contributed by atoms with Crippen molar-refractivity contribution in [1.29, 1.82) is 0 Å². The number of piperidine rings is 1. The molecule has 76 valence electrons. The Labute approximate surface area is 78.0 Å². The molecule has 0 bridgehead atoms. The fraction of sp³-hybridized carbons (Fsp3) is 1.00. The Balaban J connectivity index is 2.04. The predicted octanol–water partition coefficient (Wildman–Crippen LogP) is 0.414. The second-order valence-corrected chi connectivity index (χ2v) is 4.24. The number of hydrogen-bond acceptors (Lipinski definition) is 3. The first-order valence-electron chi connectivity index (χ1n) is 4.93. The lowest BCUT2D eigenvalue weighted by Crippen LogP contribution is -2.60. The maximum Gasteiger partial charge on any atom is 0.219 e. The van der Waals surface area contributed by atoms with Crippen LogP contribution in [0.25, 0.3) is 0 Å². The Morgan fingerprint density at radius 1 is 1.15 bits per heavy atom. The molecule has 2 rings (SSSR count). The SMILES string of the molecule is CC1(F)CNCC2(CCNCC2)O1. The molecule has 0 amide bonds. The number of hydrogen-bond donors (Lipinski definition) is 2. The molecule has 2 N–H and O–H groups in total. The molecule has 2 heterocycles. The fourth-order valence-corrected chi connectivity index (χ4v) is 2.20. The Morgan fingerprint density at radius 2 is 1.85 bits per heavy atom. The maximum absolute atomic E-state index is 13.6. The van der Waals surface area contributed by atoms with Crippen molar-refractivity contribution in [1.82, 2.24) is 10.6 Å². The van der Waals surface area contributed by atoms with Gasteiger partial charge in [0.25, 0.3) is 0 Å². The number of morpholine rings is 1. The molecular weight excluding hydrogens is 171 g/mol. The zero-order valence-electron chi connectivity index (χ0n) is 8.03. The molecule has 0 aromatic heterocycles. The Bertz CT molecular complexity index is 185. The molecule has 0 aromatic rings. The van der Waals surface area contributed by atoms with E-state index in [4.69, 9.17) is 4.74 Å². The highest BCUT2D eigenvalue weighted by Crippen LogP contribution is 2.31. The summed E-state index contributed by atoms with van der Waals surface area (Å²) >= 11 is 0. The first-order chi connectivity index (χ1) is 6.12. The second-order valence-electron chi connectivity index (χ2n) is 4.24. The van der Waals surface area contributed by atoms with Crippen LogP contribution in [0, 0.1) is 0 Å². The van der Waals surface area contributed by atoms with Crippen molar-refractivity contribution in [2.45, 2.75) is 31.2 Å². The van der Waals surface area contributed by atoms with Crippen molar-refractivity contribution in [2.24, 2.45) is 0 Å². The molecular formula is C9H17FN2O. The number of alkyl halides is 1. The summed E-state index contributed by atoms with van der Waals surface area (Å²) in [6.07, 6.45) is 1.80. The monoisotopic (exact) mass is 188 g/mol. The van der Waals surface area contributed by atoms with E-state index < -0.39 is 5.85 Å². The van der Waals surface area contributed by atoms with E-state index in [0.29, 0.717) is 6.54 Å². The largest absolute Gasteiger partial charge is 0.337 e. The van der Waals surface area contributed by atoms with Crippen LogP contribution in [0.5, 0.6) is 0 Å². The van der Waals surface area contributed by atoms with Gasteiger partial charge in [-0.15, -0.1) is 0 Å². The van der Waals surface area contributed by atoms with Crippen molar-refractivity contribution in [3.63, 3.8) is 0 Å². The van der Waals surface area contributed by atoms with Gasteiger partial charge >= 0.3 is 0 Å². The van der Waals surface area contributed by atoms with Crippen molar-refractivity contribution in [3.05, 3.63) is 0 Å². The van der Waals surface area contributed by atoms with E-state index in [9.17, 15) is 4.39 Å². The van der Waals surface area contributed by atoms with Crippen molar-refractivity contribution < 1.29 is 9.13 Å². The fourth-order valence-electron chi connectivity index (χ4n) is 2.20. The standard InChI is InChI=1S/C9H17FN2O/c1-8(10)6-12-7-9(13-8)2-4-11-5-3-9/h11-12H,2-7H2,1H3. The first kappa shape index (κ1) is 9.37. The molecule has 2 saturated heterocycles. The van der Waals surface area contributed by atoms with Crippen LogP contribution in [0.15, 0.2) is 0 Å². The van der Waals surface area contributed by atoms with E-state index in [0.717, 1.165) is 32.5 Å². The van der Waals surface area contributed by atoms with Crippen LogP contribution in [0.2, 0.25) is 0 Å². The van der Waals surface area contributed by atoms with Crippen LogP contribution in [0.3, 0.4) is 0 Å². The molecule has 13 heavy (non-hydrogen) atoms. The highest BCUT2D eigenvalue weighted by Gasteiger charge is 2.43. The Hall–Kier alpha value is -0.190. The second kappa shape index (κ2) is 3.19. The van der Waals surface area contributed by atoms with Crippen LogP contribution in [-0.2, 0) is 4.74 Å². The van der Waals surface area contributed by atoms with Crippen molar-refractivity contribution in [3.8, 4) is 0 Å². The number of halogens is 1. The third kappa shape index (κ3) is 2.00. The lowest BCUT2D eigenvalue weighted by Gasteiger charge is -2.45. The van der Waals surface area contributed by atoms with Gasteiger partial charge < -0.3 is 15.4 Å². The summed E-state index contributed by atoms with van der Waals surface area (Å²) in [5, 5.41) is 6.36. The molecule has 1 unspecified atom stereocenters. The van der Waals surface area contributed by atoms with E-state index in [1.165, 1.54) is 6.92 Å². The van der Waals surface area contributed by atoms with Gasteiger partial charge in [0, 0.05) is 6.54 Å². The van der Waals surface area contributed by atoms with E-state index >= 15 is 0 Å². The smallest absolute Gasteiger partial charge is 0.219 e. The molecule has 0 aliphatic carbocycles. The minimum absolute atomic E-state index is 0.257. The molecule has 1 atom stereocenters. The van der Waals surface area contributed by atoms with Crippen LogP contribution in [0.4, 0.5) is 4.39 Å². The molecule has 0 saturated carbocycles. The lowest BCUT2D eigenvalue weighted by molar-refractivity contribution is -0.238. The predicted molar refractivity (Wildman–Crippen MR) is 48.3 cm³/mol. The van der Waals surface area contributed by atoms with E-state index in [1.54, 1.807) is 0 Å². The van der Waals surface area contributed by atoms with Gasteiger partial charge in [0.05, 0.1) is 12.1 Å². The van der Waals surface area contributed by atoms with Gasteiger partial charge in [-0.25, -0.2) is 4.39 Å². The van der Waals surface area contributed by atoms with Crippen molar-refractivity contribution in [2.75, 3.05) is 26.2 Å². The summed E-state index contributed by atoms with van der Waals surface area (Å²) in [5.74, 6) is -1.49. The average Bonchev–Trinajstić information content (AvgIpc) is 2.03. The molecule has 2 aliphatic rings. The average molecular weight is 188 g/mol. The minimum atomic E-state index is -1.49. The maximum atomic E-state index is 13.6. The molecule has 4 heteroatoms. The molecule has 2 aliphatic heterocycles. The third-order valence-electron chi connectivity index (χ3n) is 2.83. The minimum Gasteiger partial charge on any atom is -0.337 e. The number of rotatable bonds is 0.